The summed E-state index contributed by atoms with van der Waals surface area (Å²) < 4.78 is 0. The molecule has 1 amide bonds. The molecule has 1 heterocycles. The van der Waals surface area contributed by atoms with E-state index in [1.54, 1.807) is 0 Å². The zero-order chi connectivity index (χ0) is 15.2. The predicted molar refractivity (Wildman–Crippen MR) is 82.8 cm³/mol. The van der Waals surface area contributed by atoms with E-state index in [1.807, 2.05) is 30.0 Å². The van der Waals surface area contributed by atoms with Crippen molar-refractivity contribution in [1.82, 2.24) is 4.90 Å². The molecule has 0 aromatic heterocycles. The van der Waals surface area contributed by atoms with Gasteiger partial charge in [0.15, 0.2) is 0 Å². The van der Waals surface area contributed by atoms with Crippen LogP contribution in [0, 0.1) is 24.7 Å². The van der Waals surface area contributed by atoms with Crippen molar-refractivity contribution in [3.63, 3.8) is 0 Å². The van der Waals surface area contributed by atoms with Gasteiger partial charge in [-0.3, -0.25) is 4.79 Å². The fourth-order valence-electron chi connectivity index (χ4n) is 2.58. The summed E-state index contributed by atoms with van der Waals surface area (Å²) in [7, 11) is 0. The molecule has 1 saturated heterocycles. The topological polar surface area (TPSA) is 66.6 Å². The van der Waals surface area contributed by atoms with Crippen LogP contribution in [-0.4, -0.2) is 42.2 Å². The summed E-state index contributed by atoms with van der Waals surface area (Å²) in [6.45, 7) is 3.86. The van der Waals surface area contributed by atoms with E-state index < -0.39 is 0 Å². The van der Waals surface area contributed by atoms with Gasteiger partial charge in [-0.05, 0) is 43.4 Å². The van der Waals surface area contributed by atoms with Gasteiger partial charge in [-0.1, -0.05) is 17.9 Å². The van der Waals surface area contributed by atoms with Crippen LogP contribution < -0.4 is 5.73 Å². The molecule has 2 rings (SSSR count). The van der Waals surface area contributed by atoms with E-state index in [2.05, 4.69) is 11.8 Å². The Hall–Kier alpha value is -1.83. The Labute approximate surface area is 125 Å². The molecule has 0 spiro atoms. The number of piperidine rings is 1. The van der Waals surface area contributed by atoms with Crippen molar-refractivity contribution in [2.24, 2.45) is 11.7 Å². The largest absolute Gasteiger partial charge is 0.396 e. The number of rotatable bonds is 2. The maximum Gasteiger partial charge on any atom is 0.255 e. The highest BCUT2D eigenvalue weighted by molar-refractivity contribution is 5.97. The second-order valence-electron chi connectivity index (χ2n) is 5.47. The zero-order valence-corrected chi connectivity index (χ0v) is 12.4. The highest BCUT2D eigenvalue weighted by atomic mass is 16.3. The smallest absolute Gasteiger partial charge is 0.255 e. The molecule has 1 fully saturated rings. The van der Waals surface area contributed by atoms with Crippen molar-refractivity contribution in [3.05, 3.63) is 34.9 Å². The normalized spacial score (nSPS) is 15.5. The molecule has 0 atom stereocenters. The number of carbonyl (C=O) groups is 1. The average Bonchev–Trinajstić information content (AvgIpc) is 2.52. The lowest BCUT2D eigenvalue weighted by Crippen LogP contribution is -2.39. The molecule has 112 valence electrons. The number of nitrogens with zero attached hydrogens (tertiary/aromatic N) is 1. The van der Waals surface area contributed by atoms with Gasteiger partial charge in [0.05, 0.1) is 12.1 Å². The summed E-state index contributed by atoms with van der Waals surface area (Å²) >= 11 is 0. The minimum atomic E-state index is 0.0210. The third-order valence-electron chi connectivity index (χ3n) is 3.89. The van der Waals surface area contributed by atoms with Crippen LogP contribution in [0.15, 0.2) is 18.2 Å². The van der Waals surface area contributed by atoms with Crippen LogP contribution in [0.4, 0.5) is 0 Å². The van der Waals surface area contributed by atoms with E-state index in [1.165, 1.54) is 0 Å². The van der Waals surface area contributed by atoms with Gasteiger partial charge in [0.25, 0.3) is 5.91 Å². The number of amides is 1. The molecule has 1 aliphatic rings. The Bertz CT molecular complexity index is 564. The van der Waals surface area contributed by atoms with Crippen molar-refractivity contribution >= 4 is 5.91 Å². The predicted octanol–water partition coefficient (Wildman–Crippen LogP) is 1.15. The average molecular weight is 286 g/mol. The Balaban J connectivity index is 2.19. The molecule has 0 saturated carbocycles. The van der Waals surface area contributed by atoms with Gasteiger partial charge < -0.3 is 15.7 Å². The molecule has 21 heavy (non-hydrogen) atoms. The van der Waals surface area contributed by atoms with E-state index in [-0.39, 0.29) is 19.1 Å². The molecule has 4 nitrogen and oxygen atoms in total. The summed E-state index contributed by atoms with van der Waals surface area (Å²) in [5.74, 6) is 6.16. The van der Waals surface area contributed by atoms with Crippen molar-refractivity contribution in [3.8, 4) is 11.8 Å². The molecule has 0 radical (unpaired) electrons. The van der Waals surface area contributed by atoms with Crippen molar-refractivity contribution in [2.45, 2.75) is 19.8 Å². The molecule has 0 aliphatic carbocycles. The highest BCUT2D eigenvalue weighted by Crippen LogP contribution is 2.20. The minimum absolute atomic E-state index is 0.0210. The molecular formula is C17H22N2O2. The molecule has 1 aromatic rings. The van der Waals surface area contributed by atoms with Crippen LogP contribution in [-0.2, 0) is 0 Å². The molecule has 1 aromatic carbocycles. The maximum atomic E-state index is 12.7. The number of hydrogen-bond donors (Lipinski definition) is 2. The first-order chi connectivity index (χ1) is 10.2. The lowest BCUT2D eigenvalue weighted by Gasteiger charge is -2.31. The fourth-order valence-corrected chi connectivity index (χ4v) is 2.58. The van der Waals surface area contributed by atoms with Crippen molar-refractivity contribution in [1.29, 1.82) is 0 Å². The Kier molecular flexibility index (Phi) is 5.38. The number of carbonyl (C=O) groups excluding carboxylic acids is 1. The second-order valence-corrected chi connectivity index (χ2v) is 5.47. The third-order valence-corrected chi connectivity index (χ3v) is 3.89. The monoisotopic (exact) mass is 286 g/mol. The second kappa shape index (κ2) is 7.26. The van der Waals surface area contributed by atoms with Crippen LogP contribution in [0.3, 0.4) is 0 Å². The number of likely N-dealkylation sites (tertiary alicyclic amines) is 1. The van der Waals surface area contributed by atoms with Gasteiger partial charge in [-0.25, -0.2) is 0 Å². The number of aliphatic hydroxyl groups is 1. The first-order valence-electron chi connectivity index (χ1n) is 7.35. The maximum absolute atomic E-state index is 12.7. The van der Waals surface area contributed by atoms with Gasteiger partial charge in [0.2, 0.25) is 0 Å². The summed E-state index contributed by atoms with van der Waals surface area (Å²) in [4.78, 5) is 14.5. The van der Waals surface area contributed by atoms with E-state index in [9.17, 15) is 9.90 Å². The van der Waals surface area contributed by atoms with E-state index in [4.69, 9.17) is 5.73 Å². The van der Waals surface area contributed by atoms with Crippen LogP contribution in [0.5, 0.6) is 0 Å². The number of benzene rings is 1. The molecule has 0 bridgehead atoms. The zero-order valence-electron chi connectivity index (χ0n) is 12.4. The lowest BCUT2D eigenvalue weighted by molar-refractivity contribution is 0.0650. The summed E-state index contributed by atoms with van der Waals surface area (Å²) in [5, 5.41) is 9.17. The molecule has 3 N–H and O–H groups in total. The standard InChI is InChI=1S/C17H22N2O2/c1-13-4-5-16(15(11-13)3-2-8-18)17(21)19-9-6-14(12-20)7-10-19/h4-5,11,14,20H,6-10,12,18H2,1H3. The van der Waals surface area contributed by atoms with Crippen LogP contribution >= 0.6 is 0 Å². The van der Waals surface area contributed by atoms with E-state index >= 15 is 0 Å². The number of hydrogen-bond acceptors (Lipinski definition) is 3. The summed E-state index contributed by atoms with van der Waals surface area (Å²) in [6.07, 6.45) is 1.72. The number of aliphatic hydroxyl groups excluding tert-OH is 1. The first kappa shape index (κ1) is 15.6. The molecular weight excluding hydrogens is 264 g/mol. The highest BCUT2D eigenvalue weighted by Gasteiger charge is 2.24. The van der Waals surface area contributed by atoms with Crippen molar-refractivity contribution < 1.29 is 9.90 Å². The van der Waals surface area contributed by atoms with Crippen LogP contribution in [0.1, 0.15) is 34.3 Å². The van der Waals surface area contributed by atoms with E-state index in [0.29, 0.717) is 24.6 Å². The molecule has 1 aliphatic heterocycles. The van der Waals surface area contributed by atoms with Gasteiger partial charge in [0.1, 0.15) is 0 Å². The number of aryl methyl sites for hydroxylation is 1. The van der Waals surface area contributed by atoms with E-state index in [0.717, 1.165) is 24.0 Å². The molecule has 0 unspecified atom stereocenters. The van der Waals surface area contributed by atoms with Crippen LogP contribution in [0.2, 0.25) is 0 Å². The quantitative estimate of drug-likeness (QED) is 0.802. The SMILES string of the molecule is Cc1ccc(C(=O)N2CCC(CO)CC2)c(C#CCN)c1. The molecule has 4 heteroatoms. The van der Waals surface area contributed by atoms with Gasteiger partial charge in [-0.15, -0.1) is 0 Å². The van der Waals surface area contributed by atoms with Crippen molar-refractivity contribution in [2.75, 3.05) is 26.2 Å². The Morgan fingerprint density at radius 1 is 1.43 bits per heavy atom. The fraction of sp³-hybridized carbons (Fsp3) is 0.471. The van der Waals surface area contributed by atoms with Gasteiger partial charge in [-0.2, -0.15) is 0 Å². The van der Waals surface area contributed by atoms with Gasteiger partial charge >= 0.3 is 0 Å². The van der Waals surface area contributed by atoms with Crippen LogP contribution in [0.25, 0.3) is 0 Å². The third kappa shape index (κ3) is 3.84. The van der Waals surface area contributed by atoms with Gasteiger partial charge in [0, 0.05) is 25.3 Å². The first-order valence-corrected chi connectivity index (χ1v) is 7.35. The Morgan fingerprint density at radius 3 is 2.76 bits per heavy atom. The lowest BCUT2D eigenvalue weighted by atomic mass is 9.96. The minimum Gasteiger partial charge on any atom is -0.396 e. The summed E-state index contributed by atoms with van der Waals surface area (Å²) in [6, 6.07) is 5.70. The Morgan fingerprint density at radius 2 is 2.14 bits per heavy atom. The summed E-state index contributed by atoms with van der Waals surface area (Å²) in [5.41, 5.74) is 7.88. The number of nitrogens with two attached hydrogens (primary N) is 1.